The van der Waals surface area contributed by atoms with Crippen LogP contribution in [0.2, 0.25) is 5.02 Å². The average Bonchev–Trinajstić information content (AvgIpc) is 3.03. The van der Waals surface area contributed by atoms with E-state index in [1.165, 1.54) is 18.2 Å². The van der Waals surface area contributed by atoms with E-state index in [0.717, 1.165) is 10.9 Å². The van der Waals surface area contributed by atoms with E-state index in [-0.39, 0.29) is 27.6 Å². The highest BCUT2D eigenvalue weighted by Gasteiger charge is 2.25. The molecule has 2 aromatic carbocycles. The van der Waals surface area contributed by atoms with Crippen LogP contribution in [0.15, 0.2) is 59.3 Å². The highest BCUT2D eigenvalue weighted by atomic mass is 35.5. The minimum Gasteiger partial charge on any atom is -0.360 e. The van der Waals surface area contributed by atoms with Gasteiger partial charge in [0.25, 0.3) is 5.91 Å². The van der Waals surface area contributed by atoms with E-state index in [1.54, 1.807) is 31.3 Å². The van der Waals surface area contributed by atoms with Crippen molar-refractivity contribution in [2.45, 2.75) is 6.92 Å². The summed E-state index contributed by atoms with van der Waals surface area (Å²) in [6.07, 6.45) is 1.68. The van der Waals surface area contributed by atoms with Gasteiger partial charge in [-0.05, 0) is 43.3 Å². The second-order valence-corrected chi connectivity index (χ2v) is 6.30. The van der Waals surface area contributed by atoms with Crippen molar-refractivity contribution in [2.24, 2.45) is 0 Å². The Labute approximate surface area is 158 Å². The number of hydrogen-bond donors (Lipinski definition) is 1. The number of aryl methyl sites for hydroxylation is 1. The summed E-state index contributed by atoms with van der Waals surface area (Å²) in [4.78, 5) is 17.2. The first-order chi connectivity index (χ1) is 13.1. The first kappa shape index (κ1) is 17.2. The number of aromatic nitrogens is 2. The Morgan fingerprint density at radius 1 is 1.15 bits per heavy atom. The number of halogens is 2. The van der Waals surface area contributed by atoms with Crippen LogP contribution < -0.4 is 5.32 Å². The van der Waals surface area contributed by atoms with Crippen LogP contribution in [0, 0.1) is 12.7 Å². The van der Waals surface area contributed by atoms with Crippen LogP contribution >= 0.6 is 11.6 Å². The molecule has 5 nitrogen and oxygen atoms in total. The quantitative estimate of drug-likeness (QED) is 0.526. The Morgan fingerprint density at radius 3 is 2.78 bits per heavy atom. The molecule has 0 aliphatic heterocycles. The maximum Gasteiger partial charge on any atom is 0.261 e. The molecule has 0 unspecified atom stereocenters. The minimum atomic E-state index is -0.584. The van der Waals surface area contributed by atoms with E-state index < -0.39 is 11.7 Å². The van der Waals surface area contributed by atoms with E-state index in [2.05, 4.69) is 15.5 Å². The van der Waals surface area contributed by atoms with Crippen molar-refractivity contribution in [3.8, 4) is 11.3 Å². The van der Waals surface area contributed by atoms with Crippen LogP contribution in [0.1, 0.15) is 16.1 Å². The number of carbonyl (C=O) groups excluding carboxylic acids is 1. The Bertz CT molecular complexity index is 1150. The molecule has 2 heterocycles. The number of nitrogens with zero attached hydrogens (tertiary/aromatic N) is 2. The Hall–Kier alpha value is -3.25. The molecule has 1 N–H and O–H groups in total. The fraction of sp³-hybridized carbons (Fsp3) is 0.0500. The predicted octanol–water partition coefficient (Wildman–Crippen LogP) is 5.24. The monoisotopic (exact) mass is 381 g/mol. The lowest BCUT2D eigenvalue weighted by molar-refractivity contribution is 0.102. The number of nitrogens with one attached hydrogen (secondary N) is 1. The summed E-state index contributed by atoms with van der Waals surface area (Å²) in [5, 5.41) is 7.62. The lowest BCUT2D eigenvalue weighted by atomic mass is 10.0. The van der Waals surface area contributed by atoms with Gasteiger partial charge in [0.15, 0.2) is 0 Å². The van der Waals surface area contributed by atoms with Gasteiger partial charge in [0.1, 0.15) is 22.8 Å². The molecule has 2 aromatic heterocycles. The highest BCUT2D eigenvalue weighted by molar-refractivity contribution is 6.33. The summed E-state index contributed by atoms with van der Waals surface area (Å²) in [7, 11) is 0. The molecule has 0 spiro atoms. The summed E-state index contributed by atoms with van der Waals surface area (Å²) in [6, 6.07) is 13.3. The zero-order valence-corrected chi connectivity index (χ0v) is 14.9. The Kier molecular flexibility index (Phi) is 4.33. The van der Waals surface area contributed by atoms with Crippen LogP contribution in [0.3, 0.4) is 0 Å². The van der Waals surface area contributed by atoms with Gasteiger partial charge in [-0.2, -0.15) is 0 Å². The molecule has 0 saturated heterocycles. The largest absolute Gasteiger partial charge is 0.360 e. The zero-order chi connectivity index (χ0) is 19.0. The predicted molar refractivity (Wildman–Crippen MR) is 101 cm³/mol. The minimum absolute atomic E-state index is 0.0285. The van der Waals surface area contributed by atoms with E-state index in [1.807, 2.05) is 12.1 Å². The van der Waals surface area contributed by atoms with Gasteiger partial charge in [0.2, 0.25) is 0 Å². The number of rotatable bonds is 3. The molecule has 4 rings (SSSR count). The van der Waals surface area contributed by atoms with E-state index >= 15 is 0 Å². The van der Waals surface area contributed by atoms with Crippen molar-refractivity contribution in [2.75, 3.05) is 5.32 Å². The van der Waals surface area contributed by atoms with Crippen molar-refractivity contribution in [1.82, 2.24) is 10.1 Å². The molecule has 4 aromatic rings. The average molecular weight is 382 g/mol. The number of pyridine rings is 1. The van der Waals surface area contributed by atoms with Crippen LogP contribution in [0.5, 0.6) is 0 Å². The number of anilines is 1. The molecule has 0 aliphatic carbocycles. The van der Waals surface area contributed by atoms with Gasteiger partial charge in [-0.25, -0.2) is 4.39 Å². The molecule has 0 radical (unpaired) electrons. The molecule has 1 amide bonds. The molecular weight excluding hydrogens is 369 g/mol. The van der Waals surface area contributed by atoms with Gasteiger partial charge in [0.05, 0.1) is 21.8 Å². The third-order valence-corrected chi connectivity index (χ3v) is 4.50. The molecule has 7 heteroatoms. The smallest absolute Gasteiger partial charge is 0.261 e. The molecule has 0 saturated carbocycles. The van der Waals surface area contributed by atoms with Crippen molar-refractivity contribution in [3.05, 3.63) is 76.9 Å². The van der Waals surface area contributed by atoms with E-state index in [4.69, 9.17) is 16.1 Å². The molecule has 0 fully saturated rings. The third-order valence-electron chi connectivity index (χ3n) is 4.18. The lowest BCUT2D eigenvalue weighted by Crippen LogP contribution is -2.14. The van der Waals surface area contributed by atoms with Gasteiger partial charge < -0.3 is 9.84 Å². The topological polar surface area (TPSA) is 68.0 Å². The zero-order valence-electron chi connectivity index (χ0n) is 14.2. The van der Waals surface area contributed by atoms with Crippen molar-refractivity contribution in [3.63, 3.8) is 0 Å². The molecular formula is C20H13ClFN3O2. The number of benzene rings is 2. The fourth-order valence-electron chi connectivity index (χ4n) is 2.93. The van der Waals surface area contributed by atoms with Crippen LogP contribution in [0.4, 0.5) is 10.1 Å². The Balaban J connectivity index is 1.78. The number of amides is 1. The molecule has 0 bridgehead atoms. The maximum atomic E-state index is 14.3. The molecule has 0 atom stereocenters. The van der Waals surface area contributed by atoms with Gasteiger partial charge in [-0.1, -0.05) is 28.9 Å². The van der Waals surface area contributed by atoms with Crippen LogP contribution in [-0.2, 0) is 0 Å². The third kappa shape index (κ3) is 3.04. The lowest BCUT2D eigenvalue weighted by Gasteiger charge is -2.09. The van der Waals surface area contributed by atoms with Gasteiger partial charge >= 0.3 is 0 Å². The number of carbonyl (C=O) groups is 1. The standard InChI is InChI=1S/C20H13ClFN3O2/c1-11-17(19(25-27-11)18-13(21)6-2-7-14(18)22)20(26)24-16-9-3-8-15-12(16)5-4-10-23-15/h2-10H,1H3,(H,24,26). The van der Waals surface area contributed by atoms with E-state index in [0.29, 0.717) is 5.69 Å². The first-order valence-electron chi connectivity index (χ1n) is 8.12. The second-order valence-electron chi connectivity index (χ2n) is 5.89. The summed E-state index contributed by atoms with van der Waals surface area (Å²) in [5.41, 5.74) is 1.54. The van der Waals surface area contributed by atoms with Gasteiger partial charge in [-0.3, -0.25) is 9.78 Å². The van der Waals surface area contributed by atoms with E-state index in [9.17, 15) is 9.18 Å². The number of fused-ring (bicyclic) bond motifs is 1. The molecule has 27 heavy (non-hydrogen) atoms. The molecule has 0 aliphatic rings. The fourth-order valence-corrected chi connectivity index (χ4v) is 3.18. The van der Waals surface area contributed by atoms with Crippen molar-refractivity contribution >= 4 is 34.1 Å². The van der Waals surface area contributed by atoms with Gasteiger partial charge in [-0.15, -0.1) is 0 Å². The van der Waals surface area contributed by atoms with Crippen molar-refractivity contribution < 1.29 is 13.7 Å². The van der Waals surface area contributed by atoms with Gasteiger partial charge in [0, 0.05) is 11.6 Å². The highest BCUT2D eigenvalue weighted by Crippen LogP contribution is 2.34. The van der Waals surface area contributed by atoms with Crippen LogP contribution in [0.25, 0.3) is 22.2 Å². The summed E-state index contributed by atoms with van der Waals surface area (Å²) in [5.74, 6) is -0.793. The second kappa shape index (κ2) is 6.81. The summed E-state index contributed by atoms with van der Waals surface area (Å²) >= 11 is 6.13. The molecule has 134 valence electrons. The first-order valence-corrected chi connectivity index (χ1v) is 8.50. The number of hydrogen-bond acceptors (Lipinski definition) is 4. The normalized spacial score (nSPS) is 10.9. The maximum absolute atomic E-state index is 14.3. The summed E-state index contributed by atoms with van der Waals surface area (Å²) < 4.78 is 19.5. The van der Waals surface area contributed by atoms with Crippen molar-refractivity contribution in [1.29, 1.82) is 0 Å². The van der Waals surface area contributed by atoms with Crippen LogP contribution in [-0.4, -0.2) is 16.0 Å². The SMILES string of the molecule is Cc1onc(-c2c(F)cccc2Cl)c1C(=O)Nc1cccc2ncccc12. The summed E-state index contributed by atoms with van der Waals surface area (Å²) in [6.45, 7) is 1.59. The Morgan fingerprint density at radius 2 is 1.96 bits per heavy atom.